The van der Waals surface area contributed by atoms with Gasteiger partial charge in [0.05, 0.1) is 0 Å². The molecule has 0 heterocycles. The fourth-order valence-corrected chi connectivity index (χ4v) is 1.64. The van der Waals surface area contributed by atoms with Crippen molar-refractivity contribution in [2.75, 3.05) is 7.05 Å². The van der Waals surface area contributed by atoms with E-state index in [1.165, 1.54) is 0 Å². The van der Waals surface area contributed by atoms with Crippen LogP contribution in [0.2, 0.25) is 0 Å². The van der Waals surface area contributed by atoms with E-state index in [1.54, 1.807) is 14.0 Å². The first kappa shape index (κ1) is 14.9. The van der Waals surface area contributed by atoms with Gasteiger partial charge in [0, 0.05) is 13.0 Å². The summed E-state index contributed by atoms with van der Waals surface area (Å²) >= 11 is 0. The molecule has 94 valence electrons. The van der Waals surface area contributed by atoms with E-state index in [4.69, 9.17) is 0 Å². The van der Waals surface area contributed by atoms with Gasteiger partial charge in [-0.3, -0.25) is 9.59 Å². The molecule has 16 heavy (non-hydrogen) atoms. The third kappa shape index (κ3) is 5.14. The molecule has 4 nitrogen and oxygen atoms in total. The molecule has 0 bridgehead atoms. The third-order valence-corrected chi connectivity index (χ3v) is 2.62. The lowest BCUT2D eigenvalue weighted by Crippen LogP contribution is -2.45. The minimum absolute atomic E-state index is 0.00658. The van der Waals surface area contributed by atoms with Gasteiger partial charge >= 0.3 is 0 Å². The summed E-state index contributed by atoms with van der Waals surface area (Å²) in [6.45, 7) is 7.88. The Bertz CT molecular complexity index is 239. The van der Waals surface area contributed by atoms with Crippen molar-refractivity contribution in [3.63, 3.8) is 0 Å². The molecule has 0 rings (SSSR count). The first-order valence-corrected chi connectivity index (χ1v) is 5.94. The Balaban J connectivity index is 4.25. The number of hydrogen-bond donors (Lipinski definition) is 2. The second-order valence-corrected chi connectivity index (χ2v) is 4.58. The summed E-state index contributed by atoms with van der Waals surface area (Å²) in [7, 11) is 1.57. The fraction of sp³-hybridized carbons (Fsp3) is 0.833. The highest BCUT2D eigenvalue weighted by Crippen LogP contribution is 2.15. The van der Waals surface area contributed by atoms with Crippen LogP contribution in [0.1, 0.15) is 40.5 Å². The van der Waals surface area contributed by atoms with Gasteiger partial charge < -0.3 is 10.6 Å². The molecule has 0 aromatic rings. The normalized spacial score (nSPS) is 14.4. The molecular formula is C12H24N2O2. The number of hydrogen-bond acceptors (Lipinski definition) is 2. The fourth-order valence-electron chi connectivity index (χ4n) is 1.64. The third-order valence-electron chi connectivity index (χ3n) is 2.62. The van der Waals surface area contributed by atoms with Gasteiger partial charge in [-0.1, -0.05) is 20.8 Å². The van der Waals surface area contributed by atoms with Gasteiger partial charge in [0.1, 0.15) is 6.04 Å². The van der Waals surface area contributed by atoms with Gasteiger partial charge in [-0.25, -0.2) is 0 Å². The van der Waals surface area contributed by atoms with Crippen LogP contribution >= 0.6 is 0 Å². The Kier molecular flexibility index (Phi) is 6.77. The molecule has 0 fully saturated rings. The largest absolute Gasteiger partial charge is 0.357 e. The van der Waals surface area contributed by atoms with Crippen LogP contribution in [0.15, 0.2) is 0 Å². The maximum Gasteiger partial charge on any atom is 0.242 e. The van der Waals surface area contributed by atoms with E-state index in [-0.39, 0.29) is 17.7 Å². The van der Waals surface area contributed by atoms with Crippen molar-refractivity contribution < 1.29 is 9.59 Å². The molecule has 0 aromatic carbocycles. The standard InChI is InChI=1S/C12H24N2O2/c1-6-10(7-8(2)3)12(16)14-9(4)11(15)13-5/h8-10H,6-7H2,1-5H3,(H,13,15)(H,14,16). The Morgan fingerprint density at radius 3 is 2.06 bits per heavy atom. The Morgan fingerprint density at radius 1 is 1.12 bits per heavy atom. The van der Waals surface area contributed by atoms with E-state index in [0.29, 0.717) is 5.92 Å². The summed E-state index contributed by atoms with van der Waals surface area (Å²) in [6.07, 6.45) is 1.67. The molecule has 0 aliphatic rings. The van der Waals surface area contributed by atoms with Gasteiger partial charge in [-0.2, -0.15) is 0 Å². The quantitative estimate of drug-likeness (QED) is 0.720. The maximum absolute atomic E-state index is 11.8. The van der Waals surface area contributed by atoms with Gasteiger partial charge in [0.25, 0.3) is 0 Å². The zero-order valence-electron chi connectivity index (χ0n) is 11.0. The maximum atomic E-state index is 11.8. The lowest BCUT2D eigenvalue weighted by atomic mass is 9.94. The van der Waals surface area contributed by atoms with Crippen LogP contribution in [0.5, 0.6) is 0 Å². The second kappa shape index (κ2) is 7.25. The van der Waals surface area contributed by atoms with Crippen molar-refractivity contribution in [2.24, 2.45) is 11.8 Å². The van der Waals surface area contributed by atoms with Crippen molar-refractivity contribution in [1.82, 2.24) is 10.6 Å². The number of rotatable bonds is 6. The number of carbonyl (C=O) groups is 2. The van der Waals surface area contributed by atoms with Crippen LogP contribution in [0.3, 0.4) is 0 Å². The molecule has 2 unspecified atom stereocenters. The topological polar surface area (TPSA) is 58.2 Å². The van der Waals surface area contributed by atoms with Crippen molar-refractivity contribution in [3.05, 3.63) is 0 Å². The van der Waals surface area contributed by atoms with Crippen LogP contribution in [0.25, 0.3) is 0 Å². The highest BCUT2D eigenvalue weighted by Gasteiger charge is 2.21. The molecular weight excluding hydrogens is 204 g/mol. The monoisotopic (exact) mass is 228 g/mol. The van der Waals surface area contributed by atoms with E-state index >= 15 is 0 Å². The second-order valence-electron chi connectivity index (χ2n) is 4.58. The zero-order valence-corrected chi connectivity index (χ0v) is 11.0. The summed E-state index contributed by atoms with van der Waals surface area (Å²) in [5.41, 5.74) is 0. The zero-order chi connectivity index (χ0) is 12.7. The summed E-state index contributed by atoms with van der Waals surface area (Å²) in [5, 5.41) is 5.25. The van der Waals surface area contributed by atoms with Crippen molar-refractivity contribution >= 4 is 11.8 Å². The smallest absolute Gasteiger partial charge is 0.242 e. The molecule has 0 spiro atoms. The minimum Gasteiger partial charge on any atom is -0.357 e. The number of carbonyl (C=O) groups excluding carboxylic acids is 2. The van der Waals surface area contributed by atoms with E-state index in [0.717, 1.165) is 12.8 Å². The summed E-state index contributed by atoms with van der Waals surface area (Å²) < 4.78 is 0. The molecule has 4 heteroatoms. The van der Waals surface area contributed by atoms with Crippen LogP contribution in [0.4, 0.5) is 0 Å². The van der Waals surface area contributed by atoms with Crippen LogP contribution in [-0.4, -0.2) is 24.9 Å². The minimum atomic E-state index is -0.460. The van der Waals surface area contributed by atoms with E-state index in [9.17, 15) is 9.59 Å². The summed E-state index contributed by atoms with van der Waals surface area (Å²) in [6, 6.07) is -0.460. The van der Waals surface area contributed by atoms with Gasteiger partial charge in [0.15, 0.2) is 0 Å². The Labute approximate surface area is 98.2 Å². The number of likely N-dealkylation sites (N-methyl/N-ethyl adjacent to an activating group) is 1. The summed E-state index contributed by atoms with van der Waals surface area (Å²) in [5.74, 6) is 0.318. The molecule has 2 N–H and O–H groups in total. The lowest BCUT2D eigenvalue weighted by molar-refractivity contribution is -0.131. The molecule has 0 saturated carbocycles. The van der Waals surface area contributed by atoms with Gasteiger partial charge in [-0.05, 0) is 25.7 Å². The summed E-state index contributed by atoms with van der Waals surface area (Å²) in [4.78, 5) is 23.1. The molecule has 0 saturated heterocycles. The first-order valence-electron chi connectivity index (χ1n) is 5.94. The molecule has 0 aliphatic heterocycles. The van der Waals surface area contributed by atoms with Crippen molar-refractivity contribution in [2.45, 2.75) is 46.6 Å². The van der Waals surface area contributed by atoms with Gasteiger partial charge in [0.2, 0.25) is 11.8 Å². The molecule has 0 radical (unpaired) electrons. The highest BCUT2D eigenvalue weighted by atomic mass is 16.2. The van der Waals surface area contributed by atoms with E-state index in [2.05, 4.69) is 24.5 Å². The Hall–Kier alpha value is -1.06. The Morgan fingerprint density at radius 2 is 1.69 bits per heavy atom. The predicted molar refractivity (Wildman–Crippen MR) is 64.9 cm³/mol. The molecule has 2 atom stereocenters. The SMILES string of the molecule is CCC(CC(C)C)C(=O)NC(C)C(=O)NC. The molecule has 0 aliphatic carbocycles. The van der Waals surface area contributed by atoms with Crippen LogP contribution < -0.4 is 10.6 Å². The average molecular weight is 228 g/mol. The van der Waals surface area contributed by atoms with Crippen LogP contribution in [0, 0.1) is 11.8 Å². The van der Waals surface area contributed by atoms with Crippen LogP contribution in [-0.2, 0) is 9.59 Å². The number of nitrogens with one attached hydrogen (secondary N) is 2. The van der Waals surface area contributed by atoms with Crippen molar-refractivity contribution in [3.8, 4) is 0 Å². The van der Waals surface area contributed by atoms with Crippen molar-refractivity contribution in [1.29, 1.82) is 0 Å². The molecule has 0 aromatic heterocycles. The van der Waals surface area contributed by atoms with Gasteiger partial charge in [-0.15, -0.1) is 0 Å². The first-order chi connectivity index (χ1) is 7.42. The average Bonchev–Trinajstić information content (AvgIpc) is 2.23. The van der Waals surface area contributed by atoms with E-state index < -0.39 is 6.04 Å². The highest BCUT2D eigenvalue weighted by molar-refractivity contribution is 5.87. The molecule has 2 amide bonds. The lowest BCUT2D eigenvalue weighted by Gasteiger charge is -2.19. The number of amides is 2. The predicted octanol–water partition coefficient (Wildman–Crippen LogP) is 1.31. The van der Waals surface area contributed by atoms with E-state index in [1.807, 2.05) is 6.92 Å².